The lowest BCUT2D eigenvalue weighted by atomic mass is 10.1. The molecule has 1 N–H and O–H groups in total. The van der Waals surface area contributed by atoms with Crippen LogP contribution in [-0.2, 0) is 7.05 Å². The Labute approximate surface area is 194 Å². The highest BCUT2D eigenvalue weighted by atomic mass is 16.3. The van der Waals surface area contributed by atoms with Gasteiger partial charge in [0.1, 0.15) is 18.2 Å². The zero-order valence-electron chi connectivity index (χ0n) is 18.7. The number of aryl methyl sites for hydroxylation is 2. The number of hydrogen-bond donors (Lipinski definition) is 1. The average molecular weight is 452 g/mol. The van der Waals surface area contributed by atoms with Crippen molar-refractivity contribution < 1.29 is 5.11 Å². The SMILES string of the molecule is Cc1cc(C#N)nn1-c1nc(-n2cnc3ccc(-c4ccn(C)c(=O)n4)cc32)ccc1C(C)O. The van der Waals surface area contributed by atoms with Gasteiger partial charge in [-0.25, -0.2) is 19.4 Å². The van der Waals surface area contributed by atoms with Crippen LogP contribution in [-0.4, -0.2) is 39.0 Å². The number of nitriles is 1. The van der Waals surface area contributed by atoms with Crippen LogP contribution in [0.1, 0.15) is 30.0 Å². The Morgan fingerprint density at radius 3 is 2.65 bits per heavy atom. The molecule has 10 heteroatoms. The van der Waals surface area contributed by atoms with Crippen LogP contribution in [0.4, 0.5) is 0 Å². The zero-order chi connectivity index (χ0) is 24.0. The van der Waals surface area contributed by atoms with Crippen molar-refractivity contribution in [2.75, 3.05) is 0 Å². The van der Waals surface area contributed by atoms with Crippen LogP contribution in [0.2, 0.25) is 0 Å². The second-order valence-corrected chi connectivity index (χ2v) is 7.98. The van der Waals surface area contributed by atoms with E-state index in [4.69, 9.17) is 4.98 Å². The van der Waals surface area contributed by atoms with Crippen molar-refractivity contribution in [1.82, 2.24) is 33.9 Å². The topological polar surface area (TPSA) is 127 Å². The normalized spacial score (nSPS) is 12.1. The van der Waals surface area contributed by atoms with Gasteiger partial charge in [0, 0.05) is 30.1 Å². The van der Waals surface area contributed by atoms with E-state index in [9.17, 15) is 15.2 Å². The fourth-order valence-corrected chi connectivity index (χ4v) is 3.80. The summed E-state index contributed by atoms with van der Waals surface area (Å²) < 4.78 is 4.79. The predicted octanol–water partition coefficient (Wildman–Crippen LogP) is 2.60. The molecule has 0 spiro atoms. The number of benzene rings is 1. The Morgan fingerprint density at radius 1 is 1.12 bits per heavy atom. The Balaban J connectivity index is 1.67. The highest BCUT2D eigenvalue weighted by Crippen LogP contribution is 2.27. The number of aliphatic hydroxyl groups is 1. The zero-order valence-corrected chi connectivity index (χ0v) is 18.7. The smallest absolute Gasteiger partial charge is 0.347 e. The molecule has 4 aromatic heterocycles. The molecule has 0 bridgehead atoms. The van der Waals surface area contributed by atoms with Crippen LogP contribution in [0, 0.1) is 18.3 Å². The Bertz CT molecular complexity index is 1650. The summed E-state index contributed by atoms with van der Waals surface area (Å²) in [6.45, 7) is 3.48. The van der Waals surface area contributed by atoms with Crippen molar-refractivity contribution in [3.63, 3.8) is 0 Å². The van der Waals surface area contributed by atoms with Crippen LogP contribution in [0.25, 0.3) is 33.9 Å². The molecule has 0 saturated heterocycles. The molecule has 5 aromatic rings. The van der Waals surface area contributed by atoms with E-state index >= 15 is 0 Å². The molecule has 34 heavy (non-hydrogen) atoms. The van der Waals surface area contributed by atoms with Gasteiger partial charge in [0.25, 0.3) is 0 Å². The van der Waals surface area contributed by atoms with Gasteiger partial charge < -0.3 is 9.67 Å². The van der Waals surface area contributed by atoms with Gasteiger partial charge in [-0.15, -0.1) is 0 Å². The first-order valence-electron chi connectivity index (χ1n) is 10.5. The van der Waals surface area contributed by atoms with Crippen LogP contribution in [0.3, 0.4) is 0 Å². The summed E-state index contributed by atoms with van der Waals surface area (Å²) in [4.78, 5) is 25.4. The molecule has 1 aromatic carbocycles. The molecule has 0 amide bonds. The van der Waals surface area contributed by atoms with Gasteiger partial charge in [-0.05, 0) is 50.2 Å². The van der Waals surface area contributed by atoms with Crippen molar-refractivity contribution in [2.45, 2.75) is 20.0 Å². The van der Waals surface area contributed by atoms with E-state index in [0.29, 0.717) is 22.9 Å². The quantitative estimate of drug-likeness (QED) is 0.444. The lowest BCUT2D eigenvalue weighted by Crippen LogP contribution is -2.19. The summed E-state index contributed by atoms with van der Waals surface area (Å²) in [6, 6.07) is 14.7. The van der Waals surface area contributed by atoms with Crippen molar-refractivity contribution in [3.8, 4) is 29.0 Å². The number of fused-ring (bicyclic) bond motifs is 1. The molecule has 10 nitrogen and oxygen atoms in total. The fourth-order valence-electron chi connectivity index (χ4n) is 3.80. The number of hydrogen-bond acceptors (Lipinski definition) is 7. The summed E-state index contributed by atoms with van der Waals surface area (Å²) >= 11 is 0. The lowest BCUT2D eigenvalue weighted by Gasteiger charge is -2.14. The van der Waals surface area contributed by atoms with E-state index in [1.54, 1.807) is 55.4 Å². The molecule has 0 radical (unpaired) electrons. The summed E-state index contributed by atoms with van der Waals surface area (Å²) in [5.41, 5.74) is 4.08. The average Bonchev–Trinajstić information content (AvgIpc) is 3.43. The van der Waals surface area contributed by atoms with Gasteiger partial charge in [0.15, 0.2) is 11.5 Å². The van der Waals surface area contributed by atoms with Crippen molar-refractivity contribution >= 4 is 11.0 Å². The minimum atomic E-state index is -0.788. The third-order valence-corrected chi connectivity index (χ3v) is 5.61. The number of imidazole rings is 1. The van der Waals surface area contributed by atoms with Gasteiger partial charge in [0.05, 0.1) is 22.8 Å². The van der Waals surface area contributed by atoms with Crippen LogP contribution >= 0.6 is 0 Å². The van der Waals surface area contributed by atoms with E-state index in [1.807, 2.05) is 35.8 Å². The number of pyridine rings is 1. The molecule has 0 saturated carbocycles. The summed E-state index contributed by atoms with van der Waals surface area (Å²) in [6.07, 6.45) is 2.55. The Kier molecular flexibility index (Phi) is 5.03. The third kappa shape index (κ3) is 3.54. The lowest BCUT2D eigenvalue weighted by molar-refractivity contribution is 0.198. The fraction of sp³-hybridized carbons (Fsp3) is 0.167. The standard InChI is InChI=1S/C24H20N8O2/c1-14-10-17(12-25)29-32(14)23-18(15(2)33)5-7-22(28-23)31-13-26-20-6-4-16(11-21(20)31)19-8-9-30(3)24(34)27-19/h4-11,13,15,33H,1-3H3. The van der Waals surface area contributed by atoms with Gasteiger partial charge in [-0.1, -0.05) is 6.07 Å². The molecule has 0 aliphatic heterocycles. The Hall–Kier alpha value is -4.62. The van der Waals surface area contributed by atoms with Gasteiger partial charge >= 0.3 is 5.69 Å². The summed E-state index contributed by atoms with van der Waals surface area (Å²) in [5, 5.41) is 23.9. The number of nitrogens with zero attached hydrogens (tertiary/aromatic N) is 8. The minimum Gasteiger partial charge on any atom is -0.389 e. The van der Waals surface area contributed by atoms with E-state index in [1.165, 1.54) is 4.57 Å². The van der Waals surface area contributed by atoms with Gasteiger partial charge in [0.2, 0.25) is 0 Å². The van der Waals surface area contributed by atoms with E-state index in [0.717, 1.165) is 22.3 Å². The van der Waals surface area contributed by atoms with Crippen LogP contribution in [0.5, 0.6) is 0 Å². The maximum Gasteiger partial charge on any atom is 0.347 e. The second kappa shape index (κ2) is 8.06. The van der Waals surface area contributed by atoms with Crippen molar-refractivity contribution in [3.05, 3.63) is 82.4 Å². The number of aromatic nitrogens is 7. The molecule has 1 atom stereocenters. The highest BCUT2D eigenvalue weighted by Gasteiger charge is 2.18. The van der Waals surface area contributed by atoms with E-state index in [2.05, 4.69) is 15.1 Å². The second-order valence-electron chi connectivity index (χ2n) is 7.98. The molecule has 5 rings (SSSR count). The summed E-state index contributed by atoms with van der Waals surface area (Å²) in [7, 11) is 1.65. The molecular weight excluding hydrogens is 432 g/mol. The van der Waals surface area contributed by atoms with E-state index in [-0.39, 0.29) is 11.4 Å². The third-order valence-electron chi connectivity index (χ3n) is 5.61. The summed E-state index contributed by atoms with van der Waals surface area (Å²) in [5.74, 6) is 0.988. The first kappa shape index (κ1) is 21.2. The van der Waals surface area contributed by atoms with Crippen molar-refractivity contribution in [1.29, 1.82) is 5.26 Å². The van der Waals surface area contributed by atoms with Gasteiger partial charge in [-0.2, -0.15) is 15.3 Å². The first-order valence-corrected chi connectivity index (χ1v) is 10.5. The van der Waals surface area contributed by atoms with Crippen LogP contribution < -0.4 is 5.69 Å². The highest BCUT2D eigenvalue weighted by molar-refractivity contribution is 5.82. The molecule has 0 aliphatic carbocycles. The molecule has 1 unspecified atom stereocenters. The van der Waals surface area contributed by atoms with Gasteiger partial charge in [-0.3, -0.25) is 4.57 Å². The van der Waals surface area contributed by atoms with Crippen LogP contribution in [0.15, 0.2) is 59.8 Å². The maximum atomic E-state index is 12.0. The predicted molar refractivity (Wildman–Crippen MR) is 125 cm³/mol. The van der Waals surface area contributed by atoms with E-state index < -0.39 is 6.10 Å². The molecule has 0 aliphatic rings. The molecule has 168 valence electrons. The molecule has 4 heterocycles. The molecular formula is C24H20N8O2. The maximum absolute atomic E-state index is 12.0. The minimum absolute atomic E-state index is 0.264. The first-order chi connectivity index (χ1) is 16.4. The Morgan fingerprint density at radius 2 is 1.94 bits per heavy atom. The number of rotatable bonds is 4. The number of aliphatic hydroxyl groups excluding tert-OH is 1. The largest absolute Gasteiger partial charge is 0.389 e. The van der Waals surface area contributed by atoms with Crippen molar-refractivity contribution in [2.24, 2.45) is 7.05 Å². The monoisotopic (exact) mass is 452 g/mol. The molecule has 0 fully saturated rings.